The first-order chi connectivity index (χ1) is 17.8. The van der Waals surface area contributed by atoms with Crippen LogP contribution in [0, 0.1) is 6.92 Å². The van der Waals surface area contributed by atoms with Crippen LogP contribution in [-0.4, -0.2) is 64.7 Å². The van der Waals surface area contributed by atoms with Gasteiger partial charge in [0.2, 0.25) is 16.0 Å². The SMILES string of the molecule is COc1cccc(OC)c1-n1c(NS(=O)(=O)C(C)C(OC)c2ncccn2)nnc1-c1cncc(C)c1. The number of pyridine rings is 1. The summed E-state index contributed by atoms with van der Waals surface area (Å²) in [7, 11) is 0.317. The number of anilines is 1. The second kappa shape index (κ2) is 10.9. The molecule has 12 nitrogen and oxygen atoms in total. The highest BCUT2D eigenvalue weighted by molar-refractivity contribution is 7.93. The predicted molar refractivity (Wildman–Crippen MR) is 136 cm³/mol. The molecular weight excluding hydrogens is 498 g/mol. The molecule has 3 heterocycles. The van der Waals surface area contributed by atoms with Crippen LogP contribution < -0.4 is 14.2 Å². The van der Waals surface area contributed by atoms with E-state index in [4.69, 9.17) is 14.2 Å². The summed E-state index contributed by atoms with van der Waals surface area (Å²) in [4.78, 5) is 12.6. The normalized spacial score (nSPS) is 13.1. The van der Waals surface area contributed by atoms with E-state index in [1.165, 1.54) is 45.2 Å². The Kier molecular flexibility index (Phi) is 7.64. The van der Waals surface area contributed by atoms with Crippen LogP contribution in [0.25, 0.3) is 17.1 Å². The lowest BCUT2D eigenvalue weighted by Crippen LogP contribution is -2.33. The Morgan fingerprint density at radius 3 is 2.24 bits per heavy atom. The zero-order valence-electron chi connectivity index (χ0n) is 21.0. The highest BCUT2D eigenvalue weighted by atomic mass is 32.2. The minimum absolute atomic E-state index is 0.0741. The topological polar surface area (TPSA) is 143 Å². The lowest BCUT2D eigenvalue weighted by molar-refractivity contribution is 0.0950. The molecule has 1 aromatic carbocycles. The second-order valence-corrected chi connectivity index (χ2v) is 10.1. The van der Waals surface area contributed by atoms with Gasteiger partial charge in [-0.05, 0) is 43.7 Å². The number of methoxy groups -OCH3 is 3. The first-order valence-electron chi connectivity index (χ1n) is 11.2. The molecule has 0 fully saturated rings. The first-order valence-corrected chi connectivity index (χ1v) is 12.8. The number of sulfonamides is 1. The fourth-order valence-corrected chi connectivity index (χ4v) is 4.96. The standard InChI is InChI=1S/C24H27N7O5S/c1-15-12-17(14-25-13-15)23-28-29-24(31(23)20-18(34-3)8-6-9-19(20)35-4)30-37(32,33)16(2)21(36-5)22-26-10-7-11-27-22/h6-14,16,21H,1-5H3,(H,29,30). The molecule has 4 aromatic rings. The van der Waals surface area contributed by atoms with Crippen LogP contribution in [0.2, 0.25) is 0 Å². The van der Waals surface area contributed by atoms with Gasteiger partial charge in [0.15, 0.2) is 11.6 Å². The van der Waals surface area contributed by atoms with E-state index >= 15 is 0 Å². The lowest BCUT2D eigenvalue weighted by Gasteiger charge is -2.22. The van der Waals surface area contributed by atoms with E-state index in [9.17, 15) is 8.42 Å². The van der Waals surface area contributed by atoms with E-state index in [0.717, 1.165) is 5.56 Å². The number of ether oxygens (including phenoxy) is 3. The monoisotopic (exact) mass is 525 g/mol. The zero-order valence-corrected chi connectivity index (χ0v) is 21.8. The number of benzene rings is 1. The molecule has 0 aliphatic rings. The van der Waals surface area contributed by atoms with Gasteiger partial charge in [-0.2, -0.15) is 0 Å². The molecular formula is C24H27N7O5S. The summed E-state index contributed by atoms with van der Waals surface area (Å²) in [5.41, 5.74) is 1.92. The van der Waals surface area contributed by atoms with Crippen molar-refractivity contribution < 1.29 is 22.6 Å². The third-order valence-corrected chi connectivity index (χ3v) is 7.36. The maximum atomic E-state index is 13.6. The van der Waals surface area contributed by atoms with Crippen molar-refractivity contribution in [1.29, 1.82) is 0 Å². The van der Waals surface area contributed by atoms with E-state index in [1.807, 2.05) is 13.0 Å². The number of nitrogens with one attached hydrogen (secondary N) is 1. The van der Waals surface area contributed by atoms with Crippen LogP contribution >= 0.6 is 0 Å². The van der Waals surface area contributed by atoms with E-state index in [2.05, 4.69) is 29.9 Å². The average Bonchev–Trinajstić information content (AvgIpc) is 3.31. The molecule has 37 heavy (non-hydrogen) atoms. The molecule has 0 radical (unpaired) electrons. The molecule has 0 saturated carbocycles. The summed E-state index contributed by atoms with van der Waals surface area (Å²) in [5.74, 6) is 1.33. The summed E-state index contributed by atoms with van der Waals surface area (Å²) in [5, 5.41) is 7.40. The summed E-state index contributed by atoms with van der Waals surface area (Å²) < 4.78 is 47.9. The largest absolute Gasteiger partial charge is 0.494 e. The van der Waals surface area contributed by atoms with Crippen LogP contribution in [0.3, 0.4) is 0 Å². The molecule has 0 bridgehead atoms. The number of nitrogens with zero attached hydrogens (tertiary/aromatic N) is 6. The number of rotatable bonds is 10. The van der Waals surface area contributed by atoms with Gasteiger partial charge < -0.3 is 14.2 Å². The molecule has 1 N–H and O–H groups in total. The molecule has 3 aromatic heterocycles. The first kappa shape index (κ1) is 26.0. The summed E-state index contributed by atoms with van der Waals surface area (Å²) in [6.07, 6.45) is 5.43. The molecule has 0 saturated heterocycles. The van der Waals surface area contributed by atoms with Crippen LogP contribution in [0.15, 0.2) is 55.1 Å². The number of hydrogen-bond acceptors (Lipinski definition) is 10. The Labute approximate surface area is 214 Å². The second-order valence-electron chi connectivity index (χ2n) is 8.06. The highest BCUT2D eigenvalue weighted by Crippen LogP contribution is 2.38. The zero-order chi connectivity index (χ0) is 26.6. The van der Waals surface area contributed by atoms with Crippen molar-refractivity contribution in [2.24, 2.45) is 0 Å². The molecule has 2 atom stereocenters. The molecule has 0 aliphatic carbocycles. The molecule has 194 valence electrons. The molecule has 0 amide bonds. The maximum Gasteiger partial charge on any atom is 0.243 e. The summed E-state index contributed by atoms with van der Waals surface area (Å²) >= 11 is 0. The average molecular weight is 526 g/mol. The van der Waals surface area contributed by atoms with Crippen molar-refractivity contribution in [3.05, 3.63) is 66.5 Å². The minimum atomic E-state index is -4.10. The van der Waals surface area contributed by atoms with Gasteiger partial charge in [-0.1, -0.05) is 6.07 Å². The van der Waals surface area contributed by atoms with Gasteiger partial charge in [0.25, 0.3) is 0 Å². The van der Waals surface area contributed by atoms with Gasteiger partial charge in [-0.25, -0.2) is 18.4 Å². The smallest absolute Gasteiger partial charge is 0.243 e. The van der Waals surface area contributed by atoms with Crippen molar-refractivity contribution in [2.75, 3.05) is 26.1 Å². The number of aryl methyl sites for hydroxylation is 1. The Bertz CT molecular complexity index is 1460. The van der Waals surface area contributed by atoms with Crippen molar-refractivity contribution in [1.82, 2.24) is 29.7 Å². The summed E-state index contributed by atoms with van der Waals surface area (Å²) in [6, 6.07) is 8.71. The van der Waals surface area contributed by atoms with Gasteiger partial charge >= 0.3 is 0 Å². The van der Waals surface area contributed by atoms with E-state index in [1.54, 1.807) is 36.7 Å². The van der Waals surface area contributed by atoms with E-state index in [0.29, 0.717) is 28.6 Å². The number of hydrogen-bond donors (Lipinski definition) is 1. The third-order valence-electron chi connectivity index (χ3n) is 5.67. The highest BCUT2D eigenvalue weighted by Gasteiger charge is 2.35. The van der Waals surface area contributed by atoms with Crippen LogP contribution in [0.1, 0.15) is 24.4 Å². The van der Waals surface area contributed by atoms with Crippen LogP contribution in [0.4, 0.5) is 5.95 Å². The molecule has 0 spiro atoms. The van der Waals surface area contributed by atoms with Crippen LogP contribution in [0.5, 0.6) is 11.5 Å². The fraction of sp³-hybridized carbons (Fsp3) is 0.292. The Morgan fingerprint density at radius 2 is 1.65 bits per heavy atom. The van der Waals surface area contributed by atoms with Gasteiger partial charge in [0.1, 0.15) is 28.5 Å². The number of aromatic nitrogens is 6. The van der Waals surface area contributed by atoms with Crippen LogP contribution in [-0.2, 0) is 14.8 Å². The summed E-state index contributed by atoms with van der Waals surface area (Å²) in [6.45, 7) is 3.39. The van der Waals surface area contributed by atoms with Crippen molar-refractivity contribution >= 4 is 16.0 Å². The minimum Gasteiger partial charge on any atom is -0.494 e. The van der Waals surface area contributed by atoms with Crippen molar-refractivity contribution in [3.63, 3.8) is 0 Å². The maximum absolute atomic E-state index is 13.6. The van der Waals surface area contributed by atoms with Gasteiger partial charge in [0.05, 0.1) is 14.2 Å². The van der Waals surface area contributed by atoms with Crippen molar-refractivity contribution in [3.8, 4) is 28.6 Å². The van der Waals surface area contributed by atoms with Crippen molar-refractivity contribution in [2.45, 2.75) is 25.2 Å². The molecule has 0 aliphatic heterocycles. The quantitative estimate of drug-likeness (QED) is 0.328. The molecule has 13 heteroatoms. The Balaban J connectivity index is 1.86. The molecule has 2 unspecified atom stereocenters. The Hall–Kier alpha value is -4.10. The van der Waals surface area contributed by atoms with Gasteiger partial charge in [-0.15, -0.1) is 10.2 Å². The van der Waals surface area contributed by atoms with Gasteiger partial charge in [0, 0.05) is 37.5 Å². The fourth-order valence-electron chi connectivity index (χ4n) is 3.83. The van der Waals surface area contributed by atoms with E-state index < -0.39 is 21.4 Å². The number of para-hydroxylation sites is 1. The van der Waals surface area contributed by atoms with E-state index in [-0.39, 0.29) is 11.8 Å². The molecule has 4 rings (SSSR count). The predicted octanol–water partition coefficient (Wildman–Crippen LogP) is 2.96. The Morgan fingerprint density at radius 1 is 0.973 bits per heavy atom. The van der Waals surface area contributed by atoms with Gasteiger partial charge in [-0.3, -0.25) is 14.3 Å². The third kappa shape index (κ3) is 5.22. The lowest BCUT2D eigenvalue weighted by atomic mass is 10.2.